The van der Waals surface area contributed by atoms with Gasteiger partial charge < -0.3 is 19.9 Å². The number of hydrogen-bond donors (Lipinski definition) is 1. The van der Waals surface area contributed by atoms with E-state index < -0.39 is 0 Å². The summed E-state index contributed by atoms with van der Waals surface area (Å²) >= 11 is 3.58. The minimum absolute atomic E-state index is 0.238. The van der Waals surface area contributed by atoms with E-state index in [1.807, 2.05) is 0 Å². The Bertz CT molecular complexity index is 952. The monoisotopic (exact) mass is 432 g/mol. The molecule has 0 aliphatic carbocycles. The Morgan fingerprint density at radius 1 is 1.19 bits per heavy atom. The molecule has 3 aromatic rings. The third-order valence-electron chi connectivity index (χ3n) is 4.72. The molecule has 0 bridgehead atoms. The minimum atomic E-state index is 0.238. The molecular formula is C17H21BrN8O. The van der Waals surface area contributed by atoms with Crippen LogP contribution in [0.4, 0.5) is 11.8 Å². The van der Waals surface area contributed by atoms with E-state index in [1.165, 1.54) is 6.20 Å². The molecule has 1 unspecified atom stereocenters. The van der Waals surface area contributed by atoms with Crippen LogP contribution >= 0.6 is 15.9 Å². The molecule has 1 aliphatic heterocycles. The van der Waals surface area contributed by atoms with E-state index in [9.17, 15) is 0 Å². The Balaban J connectivity index is 1.95. The van der Waals surface area contributed by atoms with Crippen molar-refractivity contribution in [3.63, 3.8) is 0 Å². The molecule has 142 valence electrons. The molecule has 4 rings (SSSR count). The zero-order valence-electron chi connectivity index (χ0n) is 15.3. The van der Waals surface area contributed by atoms with Gasteiger partial charge >= 0.3 is 0 Å². The maximum Gasteiger partial charge on any atom is 0.228 e. The highest BCUT2D eigenvalue weighted by Crippen LogP contribution is 2.32. The van der Waals surface area contributed by atoms with E-state index >= 15 is 0 Å². The molecule has 0 spiro atoms. The molecule has 0 amide bonds. The van der Waals surface area contributed by atoms with E-state index in [2.05, 4.69) is 54.2 Å². The van der Waals surface area contributed by atoms with Gasteiger partial charge in [-0.15, -0.1) is 0 Å². The summed E-state index contributed by atoms with van der Waals surface area (Å²) in [6, 6.07) is 0.238. The Kier molecular flexibility index (Phi) is 4.92. The van der Waals surface area contributed by atoms with Crippen molar-refractivity contribution in [2.24, 2.45) is 0 Å². The van der Waals surface area contributed by atoms with Crippen LogP contribution in [0.25, 0.3) is 22.6 Å². The smallest absolute Gasteiger partial charge is 0.228 e. The lowest BCUT2D eigenvalue weighted by atomic mass is 10.2. The Morgan fingerprint density at radius 3 is 2.63 bits per heavy atom. The zero-order valence-corrected chi connectivity index (χ0v) is 16.8. The van der Waals surface area contributed by atoms with E-state index in [0.717, 1.165) is 29.9 Å². The normalized spacial score (nSPS) is 16.0. The molecule has 10 heteroatoms. The SMILES string of the molecule is CCC(C)n1c(Br)nc2c(-c3cnc(N)cn3)nc(N3CCOCC3)nc21. The van der Waals surface area contributed by atoms with E-state index in [4.69, 9.17) is 20.4 Å². The van der Waals surface area contributed by atoms with Gasteiger partial charge in [0.15, 0.2) is 10.4 Å². The predicted octanol–water partition coefficient (Wildman–Crippen LogP) is 2.44. The van der Waals surface area contributed by atoms with E-state index in [-0.39, 0.29) is 6.04 Å². The fraction of sp³-hybridized carbons (Fsp3) is 0.471. The van der Waals surface area contributed by atoms with Gasteiger partial charge in [0.05, 0.1) is 25.6 Å². The molecule has 1 fully saturated rings. The molecule has 27 heavy (non-hydrogen) atoms. The van der Waals surface area contributed by atoms with Gasteiger partial charge in [0.1, 0.15) is 22.7 Å². The summed E-state index contributed by atoms with van der Waals surface area (Å²) in [6.07, 6.45) is 4.10. The number of rotatable bonds is 4. The van der Waals surface area contributed by atoms with Crippen LogP contribution in [0.5, 0.6) is 0 Å². The summed E-state index contributed by atoms with van der Waals surface area (Å²) in [5.41, 5.74) is 8.43. The summed E-state index contributed by atoms with van der Waals surface area (Å²) in [5.74, 6) is 1.01. The minimum Gasteiger partial charge on any atom is -0.382 e. The highest BCUT2D eigenvalue weighted by molar-refractivity contribution is 9.10. The first-order valence-corrected chi connectivity index (χ1v) is 9.73. The second kappa shape index (κ2) is 7.35. The molecular weight excluding hydrogens is 412 g/mol. The first-order valence-electron chi connectivity index (χ1n) is 8.94. The molecule has 1 saturated heterocycles. The quantitative estimate of drug-likeness (QED) is 0.626. The van der Waals surface area contributed by atoms with E-state index in [1.54, 1.807) is 6.20 Å². The van der Waals surface area contributed by atoms with Crippen LogP contribution in [0.2, 0.25) is 0 Å². The molecule has 1 atom stereocenters. The van der Waals surface area contributed by atoms with Crippen LogP contribution in [0.1, 0.15) is 26.3 Å². The van der Waals surface area contributed by atoms with Gasteiger partial charge in [0.2, 0.25) is 5.95 Å². The van der Waals surface area contributed by atoms with Gasteiger partial charge in [0, 0.05) is 19.1 Å². The van der Waals surface area contributed by atoms with Gasteiger partial charge in [-0.25, -0.2) is 19.9 Å². The number of morpholine rings is 1. The second-order valence-electron chi connectivity index (χ2n) is 6.48. The largest absolute Gasteiger partial charge is 0.382 e. The number of halogens is 1. The Hall–Kier alpha value is -2.33. The second-order valence-corrected chi connectivity index (χ2v) is 7.19. The first kappa shape index (κ1) is 18.1. The summed E-state index contributed by atoms with van der Waals surface area (Å²) in [6.45, 7) is 7.10. The van der Waals surface area contributed by atoms with Crippen LogP contribution in [0.3, 0.4) is 0 Å². The highest BCUT2D eigenvalue weighted by Gasteiger charge is 2.23. The molecule has 3 aromatic heterocycles. The number of ether oxygens (including phenoxy) is 1. The van der Waals surface area contributed by atoms with Crippen molar-refractivity contribution in [2.45, 2.75) is 26.3 Å². The summed E-state index contributed by atoms with van der Waals surface area (Å²) in [5, 5.41) is 0. The molecule has 1 aliphatic rings. The maximum absolute atomic E-state index is 5.69. The maximum atomic E-state index is 5.69. The lowest BCUT2D eigenvalue weighted by molar-refractivity contribution is 0.122. The fourth-order valence-electron chi connectivity index (χ4n) is 3.05. The van der Waals surface area contributed by atoms with Gasteiger partial charge in [-0.05, 0) is 29.3 Å². The topological polar surface area (TPSA) is 108 Å². The predicted molar refractivity (Wildman–Crippen MR) is 106 cm³/mol. The number of aromatic nitrogens is 6. The van der Waals surface area contributed by atoms with Gasteiger partial charge in [-0.2, -0.15) is 4.98 Å². The van der Waals surface area contributed by atoms with Crippen LogP contribution in [-0.2, 0) is 4.74 Å². The number of nitrogen functional groups attached to an aromatic ring is 1. The molecule has 2 N–H and O–H groups in total. The number of nitrogens with two attached hydrogens (primary N) is 1. The average Bonchev–Trinajstić information content (AvgIpc) is 3.04. The molecule has 9 nitrogen and oxygen atoms in total. The van der Waals surface area contributed by atoms with Crippen molar-refractivity contribution in [2.75, 3.05) is 36.9 Å². The lowest BCUT2D eigenvalue weighted by Crippen LogP contribution is -2.37. The summed E-state index contributed by atoms with van der Waals surface area (Å²) in [4.78, 5) is 25.0. The van der Waals surface area contributed by atoms with Crippen molar-refractivity contribution in [3.8, 4) is 11.4 Å². The van der Waals surface area contributed by atoms with Crippen molar-refractivity contribution in [1.29, 1.82) is 0 Å². The Labute approximate surface area is 165 Å². The zero-order chi connectivity index (χ0) is 19.0. The van der Waals surface area contributed by atoms with Crippen LogP contribution in [-0.4, -0.2) is 55.8 Å². The van der Waals surface area contributed by atoms with Gasteiger partial charge in [-0.3, -0.25) is 0 Å². The molecule has 4 heterocycles. The number of nitrogens with zero attached hydrogens (tertiary/aromatic N) is 7. The van der Waals surface area contributed by atoms with E-state index in [0.29, 0.717) is 41.9 Å². The van der Waals surface area contributed by atoms with Crippen LogP contribution < -0.4 is 10.6 Å². The number of hydrogen-bond acceptors (Lipinski definition) is 8. The third kappa shape index (κ3) is 3.34. The van der Waals surface area contributed by atoms with Crippen molar-refractivity contribution in [1.82, 2.24) is 29.5 Å². The Morgan fingerprint density at radius 2 is 1.96 bits per heavy atom. The lowest BCUT2D eigenvalue weighted by Gasteiger charge is -2.27. The summed E-state index contributed by atoms with van der Waals surface area (Å²) < 4.78 is 8.28. The molecule has 0 aromatic carbocycles. The number of fused-ring (bicyclic) bond motifs is 1. The third-order valence-corrected chi connectivity index (χ3v) is 5.28. The molecule has 0 radical (unpaired) electrons. The van der Waals surface area contributed by atoms with Crippen molar-refractivity contribution >= 4 is 38.9 Å². The summed E-state index contributed by atoms with van der Waals surface area (Å²) in [7, 11) is 0. The first-order chi connectivity index (χ1) is 13.1. The van der Waals surface area contributed by atoms with Crippen LogP contribution in [0.15, 0.2) is 17.1 Å². The van der Waals surface area contributed by atoms with Gasteiger partial charge in [-0.1, -0.05) is 6.92 Å². The van der Waals surface area contributed by atoms with Gasteiger partial charge in [0.25, 0.3) is 0 Å². The number of anilines is 2. The standard InChI is InChI=1S/C17H21BrN8O/c1-3-10(2)26-15-14(22-16(26)18)13(11-8-21-12(19)9-20-11)23-17(24-15)25-4-6-27-7-5-25/h8-10H,3-7H2,1-2H3,(H2,19,21). The number of imidazole rings is 1. The van der Waals surface area contributed by atoms with Crippen LogP contribution in [0, 0.1) is 0 Å². The van der Waals surface area contributed by atoms with Crippen molar-refractivity contribution in [3.05, 3.63) is 17.1 Å². The molecule has 0 saturated carbocycles. The fourth-order valence-corrected chi connectivity index (χ4v) is 3.75. The van der Waals surface area contributed by atoms with Crippen molar-refractivity contribution < 1.29 is 4.74 Å². The highest BCUT2D eigenvalue weighted by atomic mass is 79.9. The average molecular weight is 433 g/mol.